The van der Waals surface area contributed by atoms with Crippen molar-refractivity contribution in [3.63, 3.8) is 0 Å². The van der Waals surface area contributed by atoms with Crippen molar-refractivity contribution in [3.05, 3.63) is 53.3 Å². The fourth-order valence-corrected chi connectivity index (χ4v) is 3.85. The Morgan fingerprint density at radius 1 is 1.11 bits per heavy atom. The Hall–Kier alpha value is -2.62. The molecule has 10 heteroatoms. The summed E-state index contributed by atoms with van der Waals surface area (Å²) in [6.07, 6.45) is 0.339. The molecule has 3 aromatic rings. The maximum absolute atomic E-state index is 12.6. The minimum absolute atomic E-state index is 0.00812. The van der Waals surface area contributed by atoms with Gasteiger partial charge >= 0.3 is 0 Å². The van der Waals surface area contributed by atoms with Crippen LogP contribution in [0.15, 0.2) is 47.4 Å². The maximum Gasteiger partial charge on any atom is 0.244 e. The number of methoxy groups -OCH3 is 2. The maximum atomic E-state index is 12.6. The molecule has 0 fully saturated rings. The average molecular weight is 423 g/mol. The van der Waals surface area contributed by atoms with Crippen LogP contribution in [-0.2, 0) is 16.4 Å². The van der Waals surface area contributed by atoms with E-state index in [1.807, 2.05) is 12.1 Å². The molecule has 0 aliphatic rings. The lowest BCUT2D eigenvalue weighted by Gasteiger charge is -2.11. The normalized spacial score (nSPS) is 11.4. The van der Waals surface area contributed by atoms with Gasteiger partial charge in [0.25, 0.3) is 0 Å². The van der Waals surface area contributed by atoms with E-state index in [2.05, 4.69) is 19.9 Å². The molecule has 0 unspecified atom stereocenters. The van der Waals surface area contributed by atoms with E-state index in [9.17, 15) is 8.42 Å². The van der Waals surface area contributed by atoms with Gasteiger partial charge in [-0.1, -0.05) is 11.6 Å². The molecule has 28 heavy (non-hydrogen) atoms. The smallest absolute Gasteiger partial charge is 0.244 e. The van der Waals surface area contributed by atoms with Crippen molar-refractivity contribution < 1.29 is 17.9 Å². The molecule has 0 spiro atoms. The SMILES string of the molecule is COc1ccc(OC)c(S(=O)(=O)NCCc2nc(-c3ccc(Cl)cc3)n[nH]2)c1. The topological polar surface area (TPSA) is 106 Å². The summed E-state index contributed by atoms with van der Waals surface area (Å²) in [6, 6.07) is 11.7. The van der Waals surface area contributed by atoms with Gasteiger partial charge in [-0.3, -0.25) is 5.10 Å². The first kappa shape index (κ1) is 20.1. The summed E-state index contributed by atoms with van der Waals surface area (Å²) in [5.41, 5.74) is 0.814. The molecule has 0 saturated heterocycles. The van der Waals surface area contributed by atoms with E-state index in [0.29, 0.717) is 28.8 Å². The number of halogens is 1. The van der Waals surface area contributed by atoms with E-state index in [0.717, 1.165) is 5.56 Å². The van der Waals surface area contributed by atoms with Crippen LogP contribution in [0.4, 0.5) is 0 Å². The standard InChI is InChI=1S/C18H19ClN4O4S/c1-26-14-7-8-15(27-2)16(11-14)28(24,25)20-10-9-17-21-18(23-22-17)12-3-5-13(19)6-4-12/h3-8,11,20H,9-10H2,1-2H3,(H,21,22,23). The highest BCUT2D eigenvalue weighted by atomic mass is 35.5. The molecule has 0 bridgehead atoms. The molecule has 3 rings (SSSR count). The van der Waals surface area contributed by atoms with Gasteiger partial charge in [-0.05, 0) is 36.4 Å². The molecule has 0 aliphatic carbocycles. The quantitative estimate of drug-likeness (QED) is 0.578. The molecule has 0 radical (unpaired) electrons. The summed E-state index contributed by atoms with van der Waals surface area (Å²) in [5, 5.41) is 7.59. The lowest BCUT2D eigenvalue weighted by Crippen LogP contribution is -2.26. The zero-order chi connectivity index (χ0) is 20.1. The molecular formula is C18H19ClN4O4S. The number of aromatic amines is 1. The number of nitrogens with one attached hydrogen (secondary N) is 2. The van der Waals surface area contributed by atoms with Crippen molar-refractivity contribution in [3.8, 4) is 22.9 Å². The molecule has 148 valence electrons. The molecule has 0 aliphatic heterocycles. The van der Waals surface area contributed by atoms with Crippen molar-refractivity contribution in [2.45, 2.75) is 11.3 Å². The van der Waals surface area contributed by atoms with E-state index >= 15 is 0 Å². The molecule has 1 heterocycles. The van der Waals surface area contributed by atoms with Crippen LogP contribution in [0.25, 0.3) is 11.4 Å². The molecule has 1 aromatic heterocycles. The Kier molecular flexibility index (Phi) is 6.18. The third kappa shape index (κ3) is 4.61. The van der Waals surface area contributed by atoms with Gasteiger partial charge in [-0.15, -0.1) is 0 Å². The number of sulfonamides is 1. The van der Waals surface area contributed by atoms with E-state index in [1.165, 1.54) is 20.3 Å². The van der Waals surface area contributed by atoms with Gasteiger partial charge in [-0.25, -0.2) is 18.1 Å². The second kappa shape index (κ2) is 8.59. The highest BCUT2D eigenvalue weighted by Crippen LogP contribution is 2.28. The van der Waals surface area contributed by atoms with Crippen LogP contribution in [0.5, 0.6) is 11.5 Å². The Bertz CT molecular complexity index is 1050. The highest BCUT2D eigenvalue weighted by molar-refractivity contribution is 7.89. The molecule has 2 aromatic carbocycles. The second-order valence-corrected chi connectivity index (χ2v) is 7.95. The van der Waals surface area contributed by atoms with Gasteiger partial charge in [0, 0.05) is 29.6 Å². The third-order valence-corrected chi connectivity index (χ3v) is 5.68. The first-order valence-corrected chi connectivity index (χ1v) is 10.2. The third-order valence-electron chi connectivity index (χ3n) is 3.95. The van der Waals surface area contributed by atoms with Gasteiger partial charge in [0.15, 0.2) is 5.82 Å². The first-order valence-electron chi connectivity index (χ1n) is 8.32. The highest BCUT2D eigenvalue weighted by Gasteiger charge is 2.20. The molecule has 2 N–H and O–H groups in total. The zero-order valence-corrected chi connectivity index (χ0v) is 16.8. The number of benzene rings is 2. The van der Waals surface area contributed by atoms with Crippen LogP contribution in [-0.4, -0.2) is 44.4 Å². The fraction of sp³-hybridized carbons (Fsp3) is 0.222. The predicted molar refractivity (Wildman–Crippen MR) is 105 cm³/mol. The van der Waals surface area contributed by atoms with Crippen molar-refractivity contribution >= 4 is 21.6 Å². The Morgan fingerprint density at radius 3 is 2.54 bits per heavy atom. The van der Waals surface area contributed by atoms with E-state index in [4.69, 9.17) is 21.1 Å². The van der Waals surface area contributed by atoms with Gasteiger partial charge in [0.2, 0.25) is 10.0 Å². The number of hydrogen-bond donors (Lipinski definition) is 2. The van der Waals surface area contributed by atoms with Crippen LogP contribution in [0.2, 0.25) is 5.02 Å². The van der Waals surface area contributed by atoms with E-state index < -0.39 is 10.0 Å². The summed E-state index contributed by atoms with van der Waals surface area (Å²) in [6.45, 7) is 0.137. The van der Waals surface area contributed by atoms with Gasteiger partial charge in [-0.2, -0.15) is 5.10 Å². The molecular weight excluding hydrogens is 404 g/mol. The second-order valence-electron chi connectivity index (χ2n) is 5.78. The zero-order valence-electron chi connectivity index (χ0n) is 15.3. The number of H-pyrrole nitrogens is 1. The van der Waals surface area contributed by atoms with Crippen molar-refractivity contribution in [2.24, 2.45) is 0 Å². The predicted octanol–water partition coefficient (Wildman–Crippen LogP) is 2.66. The number of hydrogen-bond acceptors (Lipinski definition) is 6. The summed E-state index contributed by atoms with van der Waals surface area (Å²) >= 11 is 5.88. The van der Waals surface area contributed by atoms with Crippen LogP contribution < -0.4 is 14.2 Å². The van der Waals surface area contributed by atoms with Crippen molar-refractivity contribution in [1.82, 2.24) is 19.9 Å². The monoisotopic (exact) mass is 422 g/mol. The van der Waals surface area contributed by atoms with Crippen LogP contribution in [0.3, 0.4) is 0 Å². The summed E-state index contributed by atoms with van der Waals surface area (Å²) in [5.74, 6) is 1.73. The number of rotatable bonds is 8. The number of aromatic nitrogens is 3. The Balaban J connectivity index is 1.67. The molecule has 8 nitrogen and oxygen atoms in total. The first-order chi connectivity index (χ1) is 13.4. The van der Waals surface area contributed by atoms with E-state index in [1.54, 1.807) is 24.3 Å². The Morgan fingerprint density at radius 2 is 1.86 bits per heavy atom. The van der Waals surface area contributed by atoms with Gasteiger partial charge in [0.05, 0.1) is 14.2 Å². The number of nitrogens with zero attached hydrogens (tertiary/aromatic N) is 2. The largest absolute Gasteiger partial charge is 0.497 e. The lowest BCUT2D eigenvalue weighted by atomic mass is 10.2. The summed E-state index contributed by atoms with van der Waals surface area (Å²) < 4.78 is 38.0. The fourth-order valence-electron chi connectivity index (χ4n) is 2.51. The molecule has 0 atom stereocenters. The van der Waals surface area contributed by atoms with Crippen LogP contribution in [0, 0.1) is 0 Å². The van der Waals surface area contributed by atoms with Gasteiger partial charge < -0.3 is 9.47 Å². The van der Waals surface area contributed by atoms with E-state index in [-0.39, 0.29) is 17.2 Å². The molecule has 0 saturated carbocycles. The van der Waals surface area contributed by atoms with Gasteiger partial charge in [0.1, 0.15) is 22.2 Å². The average Bonchev–Trinajstić information content (AvgIpc) is 3.16. The lowest BCUT2D eigenvalue weighted by molar-refractivity contribution is 0.392. The Labute approximate surface area is 167 Å². The van der Waals surface area contributed by atoms with Crippen LogP contribution in [0.1, 0.15) is 5.82 Å². The summed E-state index contributed by atoms with van der Waals surface area (Å²) in [7, 11) is -0.911. The number of ether oxygens (including phenoxy) is 2. The van der Waals surface area contributed by atoms with Crippen molar-refractivity contribution in [1.29, 1.82) is 0 Å². The minimum atomic E-state index is -3.79. The molecule has 0 amide bonds. The summed E-state index contributed by atoms with van der Waals surface area (Å²) in [4.78, 5) is 4.38. The minimum Gasteiger partial charge on any atom is -0.497 e. The van der Waals surface area contributed by atoms with Crippen molar-refractivity contribution in [2.75, 3.05) is 20.8 Å². The van der Waals surface area contributed by atoms with Crippen LogP contribution >= 0.6 is 11.6 Å².